The van der Waals surface area contributed by atoms with Crippen molar-refractivity contribution in [1.29, 1.82) is 0 Å². The van der Waals surface area contributed by atoms with Gasteiger partial charge in [0.1, 0.15) is 0 Å². The number of nitro groups is 1. The van der Waals surface area contributed by atoms with Crippen LogP contribution in [-0.4, -0.2) is 41.9 Å². The molecule has 0 radical (unpaired) electrons. The highest BCUT2D eigenvalue weighted by atomic mass is 35.5. The third-order valence-electron chi connectivity index (χ3n) is 3.75. The summed E-state index contributed by atoms with van der Waals surface area (Å²) >= 11 is 5.87. The first-order valence-corrected chi connectivity index (χ1v) is 7.29. The molecule has 0 aliphatic carbocycles. The van der Waals surface area contributed by atoms with Crippen molar-refractivity contribution < 1.29 is 9.72 Å². The SMILES string of the molecule is CN(C(=O)c1cc(Cl)cc([N+](=O)[O-])c1)C1CCCNCC1.Cl. The molecule has 1 heterocycles. The quantitative estimate of drug-likeness (QED) is 0.673. The fourth-order valence-corrected chi connectivity index (χ4v) is 2.79. The predicted molar refractivity (Wildman–Crippen MR) is 88.0 cm³/mol. The second-order valence-corrected chi connectivity index (χ2v) is 5.64. The van der Waals surface area contributed by atoms with Crippen molar-refractivity contribution in [3.05, 3.63) is 38.9 Å². The number of hydrogen-bond acceptors (Lipinski definition) is 4. The van der Waals surface area contributed by atoms with Crippen LogP contribution < -0.4 is 5.32 Å². The summed E-state index contributed by atoms with van der Waals surface area (Å²) in [6, 6.07) is 4.14. The Bertz CT molecular complexity index is 546. The van der Waals surface area contributed by atoms with Crippen LogP contribution in [0.4, 0.5) is 5.69 Å². The van der Waals surface area contributed by atoms with Crippen LogP contribution in [0.25, 0.3) is 0 Å². The van der Waals surface area contributed by atoms with Gasteiger partial charge in [-0.1, -0.05) is 11.6 Å². The molecule has 1 saturated heterocycles. The van der Waals surface area contributed by atoms with Crippen molar-refractivity contribution in [3.63, 3.8) is 0 Å². The maximum absolute atomic E-state index is 12.5. The molecule has 6 nitrogen and oxygen atoms in total. The minimum atomic E-state index is -0.543. The lowest BCUT2D eigenvalue weighted by Gasteiger charge is -2.27. The maximum Gasteiger partial charge on any atom is 0.271 e. The van der Waals surface area contributed by atoms with Gasteiger partial charge < -0.3 is 10.2 Å². The summed E-state index contributed by atoms with van der Waals surface area (Å²) in [5.41, 5.74) is 0.0932. The zero-order valence-corrected chi connectivity index (χ0v) is 13.8. The zero-order chi connectivity index (χ0) is 15.4. The van der Waals surface area contributed by atoms with Crippen LogP contribution in [0.5, 0.6) is 0 Å². The summed E-state index contributed by atoms with van der Waals surface area (Å²) in [7, 11) is 1.74. The number of benzene rings is 1. The molecular weight excluding hydrogens is 329 g/mol. The standard InChI is InChI=1S/C14H18ClN3O3.ClH/c1-17(12-3-2-5-16-6-4-12)14(19)10-7-11(15)9-13(8-10)18(20)21;/h7-9,12,16H,2-6H2,1H3;1H. The van der Waals surface area contributed by atoms with E-state index in [1.165, 1.54) is 18.2 Å². The van der Waals surface area contributed by atoms with Gasteiger partial charge in [0.25, 0.3) is 11.6 Å². The number of nitrogens with one attached hydrogen (secondary N) is 1. The van der Waals surface area contributed by atoms with Crippen molar-refractivity contribution >= 4 is 35.6 Å². The molecule has 1 fully saturated rings. The van der Waals surface area contributed by atoms with Crippen molar-refractivity contribution in [2.24, 2.45) is 0 Å². The van der Waals surface area contributed by atoms with E-state index in [0.717, 1.165) is 32.4 Å². The number of carbonyl (C=O) groups is 1. The summed E-state index contributed by atoms with van der Waals surface area (Å²) in [6.07, 6.45) is 2.82. The van der Waals surface area contributed by atoms with Crippen LogP contribution in [0.15, 0.2) is 18.2 Å². The Labute approximate surface area is 140 Å². The molecule has 1 aliphatic heterocycles. The molecule has 1 aromatic carbocycles. The Hall–Kier alpha value is -1.37. The van der Waals surface area contributed by atoms with Gasteiger partial charge in [0, 0.05) is 35.8 Å². The van der Waals surface area contributed by atoms with Gasteiger partial charge in [-0.3, -0.25) is 14.9 Å². The van der Waals surface area contributed by atoms with E-state index in [4.69, 9.17) is 11.6 Å². The van der Waals surface area contributed by atoms with E-state index in [1.807, 2.05) is 0 Å². The zero-order valence-electron chi connectivity index (χ0n) is 12.3. The van der Waals surface area contributed by atoms with Crippen LogP contribution in [0, 0.1) is 10.1 Å². The van der Waals surface area contributed by atoms with Gasteiger partial charge in [-0.25, -0.2) is 0 Å². The topological polar surface area (TPSA) is 75.5 Å². The normalized spacial score (nSPS) is 18.0. The number of hydrogen-bond donors (Lipinski definition) is 1. The second kappa shape index (κ2) is 8.31. The molecule has 1 atom stereocenters. The lowest BCUT2D eigenvalue weighted by Crippen LogP contribution is -2.37. The molecule has 1 aromatic rings. The predicted octanol–water partition coefficient (Wildman–Crippen LogP) is 2.88. The first-order chi connectivity index (χ1) is 9.99. The molecule has 1 aliphatic rings. The Balaban J connectivity index is 0.00000242. The Morgan fingerprint density at radius 2 is 2.09 bits per heavy atom. The molecule has 1 amide bonds. The van der Waals surface area contributed by atoms with Gasteiger partial charge >= 0.3 is 0 Å². The largest absolute Gasteiger partial charge is 0.339 e. The molecular formula is C14H19Cl2N3O3. The summed E-state index contributed by atoms with van der Waals surface area (Å²) in [4.78, 5) is 24.5. The number of carbonyl (C=O) groups excluding carboxylic acids is 1. The van der Waals surface area contributed by atoms with Crippen molar-refractivity contribution in [1.82, 2.24) is 10.2 Å². The first-order valence-electron chi connectivity index (χ1n) is 6.92. The van der Waals surface area contributed by atoms with Gasteiger partial charge in [-0.05, 0) is 38.4 Å². The number of amides is 1. The summed E-state index contributed by atoms with van der Waals surface area (Å²) < 4.78 is 0. The molecule has 0 spiro atoms. The van der Waals surface area contributed by atoms with E-state index >= 15 is 0 Å². The number of halogens is 2. The van der Waals surface area contributed by atoms with E-state index in [9.17, 15) is 14.9 Å². The highest BCUT2D eigenvalue weighted by Gasteiger charge is 2.23. The summed E-state index contributed by atoms with van der Waals surface area (Å²) in [6.45, 7) is 1.83. The monoisotopic (exact) mass is 347 g/mol. The van der Waals surface area contributed by atoms with Gasteiger partial charge in [-0.15, -0.1) is 12.4 Å². The molecule has 8 heteroatoms. The number of nitro benzene ring substituents is 1. The summed E-state index contributed by atoms with van der Waals surface area (Å²) in [5, 5.41) is 14.4. The summed E-state index contributed by atoms with van der Waals surface area (Å²) in [5.74, 6) is -0.229. The molecule has 1 unspecified atom stereocenters. The van der Waals surface area contributed by atoms with Crippen LogP contribution in [0.2, 0.25) is 5.02 Å². The minimum absolute atomic E-state index is 0. The van der Waals surface area contributed by atoms with Gasteiger partial charge in [-0.2, -0.15) is 0 Å². The smallest absolute Gasteiger partial charge is 0.271 e. The van der Waals surface area contributed by atoms with E-state index in [1.54, 1.807) is 11.9 Å². The highest BCUT2D eigenvalue weighted by Crippen LogP contribution is 2.23. The molecule has 0 bridgehead atoms. The van der Waals surface area contributed by atoms with Gasteiger partial charge in [0.05, 0.1) is 4.92 Å². The van der Waals surface area contributed by atoms with Crippen LogP contribution in [0.1, 0.15) is 29.6 Å². The van der Waals surface area contributed by atoms with Gasteiger partial charge in [0.2, 0.25) is 0 Å². The third-order valence-corrected chi connectivity index (χ3v) is 3.97. The van der Waals surface area contributed by atoms with E-state index in [-0.39, 0.29) is 40.6 Å². The molecule has 2 rings (SSSR count). The second-order valence-electron chi connectivity index (χ2n) is 5.21. The van der Waals surface area contributed by atoms with E-state index < -0.39 is 4.92 Å². The number of non-ortho nitro benzene ring substituents is 1. The molecule has 0 saturated carbocycles. The molecule has 22 heavy (non-hydrogen) atoms. The van der Waals surface area contributed by atoms with Crippen molar-refractivity contribution in [2.45, 2.75) is 25.3 Å². The van der Waals surface area contributed by atoms with Crippen LogP contribution in [-0.2, 0) is 0 Å². The minimum Gasteiger partial charge on any atom is -0.339 e. The average molecular weight is 348 g/mol. The Morgan fingerprint density at radius 3 is 2.77 bits per heavy atom. The third kappa shape index (κ3) is 4.56. The lowest BCUT2D eigenvalue weighted by atomic mass is 10.1. The van der Waals surface area contributed by atoms with Crippen molar-refractivity contribution in [2.75, 3.05) is 20.1 Å². The Kier molecular flexibility index (Phi) is 7.06. The molecule has 122 valence electrons. The van der Waals surface area contributed by atoms with E-state index in [2.05, 4.69) is 5.32 Å². The first kappa shape index (κ1) is 18.7. The van der Waals surface area contributed by atoms with Gasteiger partial charge in [0.15, 0.2) is 0 Å². The van der Waals surface area contributed by atoms with E-state index in [0.29, 0.717) is 0 Å². The highest BCUT2D eigenvalue weighted by molar-refractivity contribution is 6.31. The molecule has 1 N–H and O–H groups in total. The lowest BCUT2D eigenvalue weighted by molar-refractivity contribution is -0.384. The number of rotatable bonds is 3. The average Bonchev–Trinajstić information content (AvgIpc) is 2.74. The number of nitrogens with zero attached hydrogens (tertiary/aromatic N) is 2. The maximum atomic E-state index is 12.5. The fourth-order valence-electron chi connectivity index (χ4n) is 2.56. The fraction of sp³-hybridized carbons (Fsp3) is 0.500. The van der Waals surface area contributed by atoms with Crippen LogP contribution in [0.3, 0.4) is 0 Å². The van der Waals surface area contributed by atoms with Crippen LogP contribution >= 0.6 is 24.0 Å². The van der Waals surface area contributed by atoms with Crippen molar-refractivity contribution in [3.8, 4) is 0 Å². The molecule has 0 aromatic heterocycles. The Morgan fingerprint density at radius 1 is 1.36 bits per heavy atom.